The van der Waals surface area contributed by atoms with Crippen LogP contribution < -0.4 is 10.3 Å². The summed E-state index contributed by atoms with van der Waals surface area (Å²) in [4.78, 5) is 28.6. The molecule has 0 unspecified atom stereocenters. The molecule has 0 fully saturated rings. The van der Waals surface area contributed by atoms with Crippen molar-refractivity contribution in [3.8, 4) is 5.75 Å². The van der Waals surface area contributed by atoms with Gasteiger partial charge < -0.3 is 14.6 Å². The van der Waals surface area contributed by atoms with Gasteiger partial charge in [0.15, 0.2) is 5.69 Å². The van der Waals surface area contributed by atoms with Crippen LogP contribution in [0.4, 0.5) is 4.39 Å². The Balaban J connectivity index is 1.94. The van der Waals surface area contributed by atoms with E-state index in [9.17, 15) is 27.5 Å². The van der Waals surface area contributed by atoms with Crippen molar-refractivity contribution in [2.45, 2.75) is 37.5 Å². The van der Waals surface area contributed by atoms with E-state index in [0.29, 0.717) is 0 Å². The van der Waals surface area contributed by atoms with Crippen molar-refractivity contribution < 1.29 is 32.2 Å². The molecule has 2 aromatic rings. The monoisotopic (exact) mass is 441 g/mol. The molecule has 162 valence electrons. The topological polar surface area (TPSA) is 137 Å². The van der Waals surface area contributed by atoms with Crippen LogP contribution in [-0.4, -0.2) is 42.7 Å². The Kier molecular flexibility index (Phi) is 5.67. The van der Waals surface area contributed by atoms with Gasteiger partial charge in [-0.2, -0.15) is 0 Å². The zero-order valence-electron chi connectivity index (χ0n) is 16.4. The molecule has 1 aliphatic rings. The standard InChI is InChI=1S/C18H20FN3O7S/c1-18(2)17-21-13(14(23)15(24)22(17)6-7-29-18)16(25)28-9-10-4-5-11(19)8-12(10)30(26,27)20-3/h4-5,8,20,23H,6-7,9H2,1-3H3. The van der Waals surface area contributed by atoms with Crippen molar-refractivity contribution in [2.75, 3.05) is 13.7 Å². The summed E-state index contributed by atoms with van der Waals surface area (Å²) in [5.74, 6) is -2.68. The van der Waals surface area contributed by atoms with Crippen LogP contribution in [-0.2, 0) is 38.2 Å². The van der Waals surface area contributed by atoms with Gasteiger partial charge in [-0.15, -0.1) is 0 Å². The van der Waals surface area contributed by atoms with Crippen molar-refractivity contribution in [3.05, 3.63) is 51.5 Å². The van der Waals surface area contributed by atoms with Gasteiger partial charge in [0.1, 0.15) is 23.8 Å². The van der Waals surface area contributed by atoms with Crippen LogP contribution in [0, 0.1) is 5.82 Å². The third-order valence-electron chi connectivity index (χ3n) is 4.60. The van der Waals surface area contributed by atoms with Crippen molar-refractivity contribution in [3.63, 3.8) is 0 Å². The zero-order chi connectivity index (χ0) is 22.3. The van der Waals surface area contributed by atoms with E-state index in [1.807, 2.05) is 0 Å². The fourth-order valence-electron chi connectivity index (χ4n) is 3.03. The number of esters is 1. The smallest absolute Gasteiger partial charge is 0.361 e. The van der Waals surface area contributed by atoms with Gasteiger partial charge in [-0.05, 0) is 33.0 Å². The van der Waals surface area contributed by atoms with E-state index in [1.54, 1.807) is 13.8 Å². The summed E-state index contributed by atoms with van der Waals surface area (Å²) in [5.41, 5.74) is -2.42. The average Bonchev–Trinajstić information content (AvgIpc) is 2.69. The Morgan fingerprint density at radius 1 is 1.43 bits per heavy atom. The first-order chi connectivity index (χ1) is 14.0. The fraction of sp³-hybridized carbons (Fsp3) is 0.389. The number of aromatic hydroxyl groups is 1. The summed E-state index contributed by atoms with van der Waals surface area (Å²) in [6.45, 7) is 3.15. The van der Waals surface area contributed by atoms with Gasteiger partial charge in [-0.3, -0.25) is 9.36 Å². The van der Waals surface area contributed by atoms with Gasteiger partial charge in [0, 0.05) is 5.56 Å². The number of hydrogen-bond donors (Lipinski definition) is 2. The van der Waals surface area contributed by atoms with E-state index in [0.717, 1.165) is 25.2 Å². The maximum absolute atomic E-state index is 13.5. The molecule has 0 atom stereocenters. The molecule has 0 amide bonds. The summed E-state index contributed by atoms with van der Waals surface area (Å²) < 4.78 is 51.6. The van der Waals surface area contributed by atoms with E-state index in [4.69, 9.17) is 9.47 Å². The first-order valence-corrected chi connectivity index (χ1v) is 10.3. The number of carbonyl (C=O) groups is 1. The SMILES string of the molecule is CNS(=O)(=O)c1cc(F)ccc1COC(=O)c1nc2n(c(=O)c1O)CCOC2(C)C. The Morgan fingerprint density at radius 2 is 2.13 bits per heavy atom. The predicted octanol–water partition coefficient (Wildman–Crippen LogP) is 0.618. The van der Waals surface area contributed by atoms with Gasteiger partial charge in [0.25, 0.3) is 5.56 Å². The molecule has 12 heteroatoms. The molecule has 2 N–H and O–H groups in total. The van der Waals surface area contributed by atoms with Gasteiger partial charge in [0.05, 0.1) is 18.0 Å². The van der Waals surface area contributed by atoms with Crippen LogP contribution in [0.5, 0.6) is 5.75 Å². The third-order valence-corrected chi connectivity index (χ3v) is 6.10. The second-order valence-corrected chi connectivity index (χ2v) is 8.84. The number of carbonyl (C=O) groups excluding carboxylic acids is 1. The lowest BCUT2D eigenvalue weighted by atomic mass is 10.1. The number of benzene rings is 1. The number of fused-ring (bicyclic) bond motifs is 1. The van der Waals surface area contributed by atoms with Crippen molar-refractivity contribution in [1.82, 2.24) is 14.3 Å². The lowest BCUT2D eigenvalue weighted by molar-refractivity contribution is -0.0568. The molecule has 3 rings (SSSR count). The molecule has 10 nitrogen and oxygen atoms in total. The van der Waals surface area contributed by atoms with Gasteiger partial charge in [-0.1, -0.05) is 6.07 Å². The zero-order valence-corrected chi connectivity index (χ0v) is 17.2. The highest BCUT2D eigenvalue weighted by Gasteiger charge is 2.34. The lowest BCUT2D eigenvalue weighted by Crippen LogP contribution is -2.41. The van der Waals surface area contributed by atoms with Crippen LogP contribution >= 0.6 is 0 Å². The quantitative estimate of drug-likeness (QED) is 0.645. The number of nitrogens with one attached hydrogen (secondary N) is 1. The minimum Gasteiger partial charge on any atom is -0.501 e. The Labute approximate surface area is 171 Å². The van der Waals surface area contributed by atoms with E-state index in [1.165, 1.54) is 4.57 Å². The largest absolute Gasteiger partial charge is 0.501 e. The second-order valence-electron chi connectivity index (χ2n) is 6.98. The van der Waals surface area contributed by atoms with Crippen LogP contribution in [0.15, 0.2) is 27.9 Å². The molecule has 1 aromatic carbocycles. The summed E-state index contributed by atoms with van der Waals surface area (Å²) in [6, 6.07) is 2.95. The molecule has 1 aromatic heterocycles. The first kappa shape index (κ1) is 21.9. The summed E-state index contributed by atoms with van der Waals surface area (Å²) >= 11 is 0. The van der Waals surface area contributed by atoms with Crippen LogP contribution in [0.1, 0.15) is 35.7 Å². The van der Waals surface area contributed by atoms with Crippen molar-refractivity contribution in [1.29, 1.82) is 0 Å². The number of aromatic nitrogens is 2. The molecular weight excluding hydrogens is 421 g/mol. The molecule has 0 bridgehead atoms. The number of ether oxygens (including phenoxy) is 2. The molecule has 0 saturated carbocycles. The molecular formula is C18H20FN3O7S. The first-order valence-electron chi connectivity index (χ1n) is 8.85. The third kappa shape index (κ3) is 3.93. The Hall–Kier alpha value is -2.83. The van der Waals surface area contributed by atoms with Crippen LogP contribution in [0.25, 0.3) is 0 Å². The predicted molar refractivity (Wildman–Crippen MR) is 101 cm³/mol. The molecule has 0 radical (unpaired) electrons. The molecule has 0 spiro atoms. The normalized spacial score (nSPS) is 15.5. The molecule has 2 heterocycles. The minimum absolute atomic E-state index is 0.00284. The number of sulfonamides is 1. The average molecular weight is 441 g/mol. The van der Waals surface area contributed by atoms with Crippen molar-refractivity contribution >= 4 is 16.0 Å². The number of nitrogens with zero attached hydrogens (tertiary/aromatic N) is 2. The van der Waals surface area contributed by atoms with Crippen LogP contribution in [0.3, 0.4) is 0 Å². The number of halogens is 1. The maximum Gasteiger partial charge on any atom is 0.361 e. The van der Waals surface area contributed by atoms with E-state index in [2.05, 4.69) is 9.71 Å². The Bertz CT molecular complexity index is 1180. The molecule has 0 saturated heterocycles. The molecule has 0 aliphatic carbocycles. The van der Waals surface area contributed by atoms with Gasteiger partial charge in [0.2, 0.25) is 15.8 Å². The molecule has 30 heavy (non-hydrogen) atoms. The van der Waals surface area contributed by atoms with Gasteiger partial charge >= 0.3 is 5.97 Å². The summed E-state index contributed by atoms with van der Waals surface area (Å²) in [5, 5.41) is 10.2. The van der Waals surface area contributed by atoms with E-state index >= 15 is 0 Å². The van der Waals surface area contributed by atoms with E-state index in [-0.39, 0.29) is 24.5 Å². The summed E-state index contributed by atoms with van der Waals surface area (Å²) in [7, 11) is -2.87. The number of rotatable bonds is 5. The highest BCUT2D eigenvalue weighted by atomic mass is 32.2. The fourth-order valence-corrected chi connectivity index (χ4v) is 3.99. The van der Waals surface area contributed by atoms with E-state index < -0.39 is 55.9 Å². The van der Waals surface area contributed by atoms with Crippen molar-refractivity contribution in [2.24, 2.45) is 0 Å². The van der Waals surface area contributed by atoms with Gasteiger partial charge in [-0.25, -0.2) is 27.3 Å². The summed E-state index contributed by atoms with van der Waals surface area (Å²) in [6.07, 6.45) is 0. The molecule has 1 aliphatic heterocycles. The Morgan fingerprint density at radius 3 is 2.80 bits per heavy atom. The minimum atomic E-state index is -4.02. The lowest BCUT2D eigenvalue weighted by Gasteiger charge is -2.32. The highest BCUT2D eigenvalue weighted by Crippen LogP contribution is 2.28. The number of hydrogen-bond acceptors (Lipinski definition) is 8. The van der Waals surface area contributed by atoms with Crippen LogP contribution in [0.2, 0.25) is 0 Å². The maximum atomic E-state index is 13.5. The highest BCUT2D eigenvalue weighted by molar-refractivity contribution is 7.89. The second kappa shape index (κ2) is 7.78.